The van der Waals surface area contributed by atoms with Crippen LogP contribution in [0.2, 0.25) is 0 Å². The van der Waals surface area contributed by atoms with Crippen LogP contribution in [0, 0.1) is 6.92 Å². The van der Waals surface area contributed by atoms with Gasteiger partial charge in [-0.05, 0) is 43.0 Å². The van der Waals surface area contributed by atoms with Crippen LogP contribution in [-0.4, -0.2) is 89.8 Å². The summed E-state index contributed by atoms with van der Waals surface area (Å²) in [4.78, 5) is 71.3. The highest BCUT2D eigenvalue weighted by Gasteiger charge is 2.34. The summed E-state index contributed by atoms with van der Waals surface area (Å²) in [5.74, 6) is -0.475. The highest BCUT2D eigenvalue weighted by atomic mass is 19.4. The minimum Gasteiger partial charge on any atom is -0.485 e. The normalized spacial score (nSPS) is 14.8. The first-order valence-electron chi connectivity index (χ1n) is 18.2. The van der Waals surface area contributed by atoms with Crippen LogP contribution in [0.1, 0.15) is 52.3 Å². The predicted octanol–water partition coefficient (Wildman–Crippen LogP) is 3.25. The van der Waals surface area contributed by atoms with E-state index in [1.54, 1.807) is 18.7 Å². The summed E-state index contributed by atoms with van der Waals surface area (Å²) in [6.07, 6.45) is -0.889. The Morgan fingerprint density at radius 1 is 1.00 bits per heavy atom. The first kappa shape index (κ1) is 38.9. The van der Waals surface area contributed by atoms with Crippen LogP contribution in [0.4, 0.5) is 24.5 Å². The van der Waals surface area contributed by atoms with Crippen molar-refractivity contribution in [3.8, 4) is 5.75 Å². The molecular formula is C38H39F3N10O6. The zero-order chi connectivity index (χ0) is 40.4. The van der Waals surface area contributed by atoms with E-state index in [1.165, 1.54) is 10.9 Å². The van der Waals surface area contributed by atoms with E-state index in [2.05, 4.69) is 25.4 Å². The second-order valence-corrected chi connectivity index (χ2v) is 13.5. The number of aryl methyl sites for hydroxylation is 1. The number of alkyl halides is 3. The Bertz CT molecular complexity index is 2490. The highest BCUT2D eigenvalue weighted by molar-refractivity contribution is 5.95. The summed E-state index contributed by atoms with van der Waals surface area (Å²) >= 11 is 0. The number of pyridine rings is 1. The van der Waals surface area contributed by atoms with E-state index in [4.69, 9.17) is 9.47 Å². The van der Waals surface area contributed by atoms with E-state index >= 15 is 0 Å². The Morgan fingerprint density at radius 3 is 2.44 bits per heavy atom. The number of halogens is 3. The van der Waals surface area contributed by atoms with Gasteiger partial charge in [0.1, 0.15) is 36.5 Å². The first-order chi connectivity index (χ1) is 27.3. The Kier molecular flexibility index (Phi) is 10.9. The number of carbonyl (C=O) groups excluding carboxylic acids is 2. The van der Waals surface area contributed by atoms with Crippen molar-refractivity contribution < 1.29 is 32.2 Å². The maximum absolute atomic E-state index is 14.3. The molecule has 2 aliphatic heterocycles. The number of anilines is 2. The molecule has 7 rings (SSSR count). The number of rotatable bonds is 10. The third kappa shape index (κ3) is 7.87. The minimum absolute atomic E-state index is 0.0643. The quantitative estimate of drug-likeness (QED) is 0.220. The Hall–Kier alpha value is -6.37. The van der Waals surface area contributed by atoms with Gasteiger partial charge >= 0.3 is 6.18 Å². The van der Waals surface area contributed by atoms with Crippen LogP contribution in [0.25, 0.3) is 11.4 Å². The van der Waals surface area contributed by atoms with Crippen molar-refractivity contribution in [3.63, 3.8) is 0 Å². The Balaban J connectivity index is 1.18. The molecule has 0 atom stereocenters. The molecule has 1 saturated heterocycles. The lowest BCUT2D eigenvalue weighted by Crippen LogP contribution is -2.51. The fourth-order valence-corrected chi connectivity index (χ4v) is 6.94. The molecule has 57 heavy (non-hydrogen) atoms. The second-order valence-electron chi connectivity index (χ2n) is 13.5. The van der Waals surface area contributed by atoms with Crippen LogP contribution in [0.5, 0.6) is 5.75 Å². The summed E-state index contributed by atoms with van der Waals surface area (Å²) in [6.45, 7) is 4.98. The molecule has 1 aromatic carbocycles. The van der Waals surface area contributed by atoms with Gasteiger partial charge in [0.15, 0.2) is 17.3 Å². The van der Waals surface area contributed by atoms with E-state index in [-0.39, 0.29) is 79.5 Å². The zero-order valence-corrected chi connectivity index (χ0v) is 31.4. The first-order valence-corrected chi connectivity index (χ1v) is 18.2. The Morgan fingerprint density at radius 2 is 1.75 bits per heavy atom. The van der Waals surface area contributed by atoms with Gasteiger partial charge in [0.05, 0.1) is 24.6 Å². The molecule has 0 unspecified atom stereocenters. The van der Waals surface area contributed by atoms with Crippen LogP contribution in [-0.2, 0) is 42.3 Å². The predicted molar refractivity (Wildman–Crippen MR) is 201 cm³/mol. The standard InChI is InChI=1S/C38H39F3N10O6/c1-4-27-31(48-14-16-49(17-15-48)35(54)30-32(23(2)42-22-43-30)57-21-24-8-6-5-7-9-24)36(55)51-37(45-33(46-51)25-12-18-56-19-13-25)50(27)20-29(52)44-26-10-11-28(38(39,40)41)47(3)34(26)53/h5-12,22H,4,13-21H2,1-3H3,(H,44,52). The van der Waals surface area contributed by atoms with E-state index in [9.17, 15) is 32.3 Å². The topological polar surface area (TPSA) is 171 Å². The molecule has 16 nitrogen and oxygen atoms in total. The lowest BCUT2D eigenvalue weighted by atomic mass is 10.1. The van der Waals surface area contributed by atoms with Crippen LogP contribution < -0.4 is 26.1 Å². The maximum atomic E-state index is 14.3. The van der Waals surface area contributed by atoms with Gasteiger partial charge in [-0.1, -0.05) is 43.3 Å². The maximum Gasteiger partial charge on any atom is 0.431 e. The molecule has 2 amide bonds. The molecule has 5 aromatic rings. The molecule has 0 spiro atoms. The van der Waals surface area contributed by atoms with Gasteiger partial charge in [0.25, 0.3) is 17.0 Å². The molecule has 19 heteroatoms. The van der Waals surface area contributed by atoms with Crippen molar-refractivity contribution in [1.82, 2.24) is 38.6 Å². The van der Waals surface area contributed by atoms with Gasteiger partial charge in [0.2, 0.25) is 11.7 Å². The summed E-state index contributed by atoms with van der Waals surface area (Å²) in [7, 11) is 0.969. The monoisotopic (exact) mass is 788 g/mol. The smallest absolute Gasteiger partial charge is 0.431 e. The molecular weight excluding hydrogens is 749 g/mol. The van der Waals surface area contributed by atoms with Crippen LogP contribution >= 0.6 is 0 Å². The number of fused-ring (bicyclic) bond motifs is 1. The van der Waals surface area contributed by atoms with Crippen molar-refractivity contribution in [2.24, 2.45) is 7.05 Å². The SMILES string of the molecule is CCc1c(N2CCN(C(=O)c3ncnc(C)c3OCc3ccccc3)CC2)c(=O)n2nc(C3=CCOCC3)nc2n1CC(=O)Nc1ccc(C(F)(F)F)n(C)c1=O. The summed E-state index contributed by atoms with van der Waals surface area (Å²) in [6, 6.07) is 11.1. The summed E-state index contributed by atoms with van der Waals surface area (Å²) in [5, 5.41) is 6.99. The largest absolute Gasteiger partial charge is 0.485 e. The molecule has 1 N–H and O–H groups in total. The van der Waals surface area contributed by atoms with Gasteiger partial charge < -0.3 is 33.7 Å². The van der Waals surface area contributed by atoms with Crippen molar-refractivity contribution in [1.29, 1.82) is 0 Å². The highest BCUT2D eigenvalue weighted by Crippen LogP contribution is 2.29. The average Bonchev–Trinajstić information content (AvgIpc) is 3.66. The fraction of sp³-hybridized carbons (Fsp3) is 0.368. The zero-order valence-electron chi connectivity index (χ0n) is 31.4. The van der Waals surface area contributed by atoms with Crippen LogP contribution in [0.15, 0.2) is 64.5 Å². The molecule has 6 heterocycles. The van der Waals surface area contributed by atoms with Crippen molar-refractivity contribution in [3.05, 3.63) is 110 Å². The lowest BCUT2D eigenvalue weighted by molar-refractivity contribution is -0.143. The summed E-state index contributed by atoms with van der Waals surface area (Å²) in [5.41, 5.74) is -0.0712. The minimum atomic E-state index is -4.77. The van der Waals surface area contributed by atoms with E-state index < -0.39 is 35.4 Å². The number of aromatic nitrogens is 7. The van der Waals surface area contributed by atoms with Crippen molar-refractivity contribution in [2.45, 2.75) is 46.0 Å². The number of amides is 2. The Labute approximate surface area is 323 Å². The van der Waals surface area contributed by atoms with Crippen molar-refractivity contribution >= 4 is 34.5 Å². The number of carbonyl (C=O) groups is 2. The number of nitrogens with zero attached hydrogens (tertiary/aromatic N) is 9. The van der Waals surface area contributed by atoms with Gasteiger partial charge in [-0.25, -0.2) is 9.97 Å². The van der Waals surface area contributed by atoms with Gasteiger partial charge in [-0.15, -0.1) is 5.10 Å². The third-order valence-corrected chi connectivity index (χ3v) is 9.88. The van der Waals surface area contributed by atoms with E-state index in [1.807, 2.05) is 41.3 Å². The lowest BCUT2D eigenvalue weighted by Gasteiger charge is -2.36. The number of piperazine rings is 1. The number of hydrogen-bond acceptors (Lipinski definition) is 11. The van der Waals surface area contributed by atoms with Gasteiger partial charge in [0, 0.05) is 33.2 Å². The summed E-state index contributed by atoms with van der Waals surface area (Å²) < 4.78 is 54.8. The average molecular weight is 789 g/mol. The third-order valence-electron chi connectivity index (χ3n) is 9.88. The van der Waals surface area contributed by atoms with E-state index in [0.29, 0.717) is 41.7 Å². The molecule has 0 bridgehead atoms. The van der Waals surface area contributed by atoms with Gasteiger partial charge in [-0.2, -0.15) is 22.7 Å². The van der Waals surface area contributed by atoms with Gasteiger partial charge in [-0.3, -0.25) is 19.2 Å². The molecule has 1 fully saturated rings. The number of ether oxygens (including phenoxy) is 2. The van der Waals surface area contributed by atoms with E-state index in [0.717, 1.165) is 28.8 Å². The molecule has 0 aliphatic carbocycles. The second kappa shape index (κ2) is 16.0. The molecule has 4 aromatic heterocycles. The fourth-order valence-electron chi connectivity index (χ4n) is 6.94. The molecule has 0 radical (unpaired) electrons. The number of nitrogens with one attached hydrogen (secondary N) is 1. The van der Waals surface area contributed by atoms with Crippen molar-refractivity contribution in [2.75, 3.05) is 49.6 Å². The molecule has 2 aliphatic rings. The number of hydrogen-bond donors (Lipinski definition) is 1. The van der Waals surface area contributed by atoms with Crippen LogP contribution in [0.3, 0.4) is 0 Å². The number of benzene rings is 1. The molecule has 0 saturated carbocycles. The molecule has 298 valence electrons.